The highest BCUT2D eigenvalue weighted by atomic mass is 79.9. The molecule has 1 amide bonds. The van der Waals surface area contributed by atoms with Gasteiger partial charge >= 0.3 is 5.97 Å². The van der Waals surface area contributed by atoms with Crippen LogP contribution < -0.4 is 0 Å². The number of ether oxygens (including phenoxy) is 1. The molecule has 152 valence electrons. The molecule has 8 heteroatoms. The van der Waals surface area contributed by atoms with Crippen LogP contribution >= 0.6 is 15.9 Å². The van der Waals surface area contributed by atoms with E-state index in [0.29, 0.717) is 18.7 Å². The first-order chi connectivity index (χ1) is 13.0. The van der Waals surface area contributed by atoms with Gasteiger partial charge in [-0.05, 0) is 59.1 Å². The number of carbonyl (C=O) groups is 2. The van der Waals surface area contributed by atoms with Crippen LogP contribution in [0.5, 0.6) is 0 Å². The highest BCUT2D eigenvalue weighted by Crippen LogP contribution is 2.15. The lowest BCUT2D eigenvalue weighted by atomic mass is 10.2. The largest absolute Gasteiger partial charge is 0.459 e. The summed E-state index contributed by atoms with van der Waals surface area (Å²) in [5.41, 5.74) is 0.666. The predicted octanol–water partition coefficient (Wildman–Crippen LogP) is 2.98. The van der Waals surface area contributed by atoms with Gasteiger partial charge in [-0.15, -0.1) is 0 Å². The first kappa shape index (κ1) is 22.1. The van der Waals surface area contributed by atoms with E-state index in [1.54, 1.807) is 31.6 Å². The molecule has 0 N–H and O–H groups in total. The minimum Gasteiger partial charge on any atom is -0.459 e. The second-order valence-electron chi connectivity index (χ2n) is 7.77. The van der Waals surface area contributed by atoms with E-state index >= 15 is 0 Å². The fourth-order valence-corrected chi connectivity index (χ4v) is 2.72. The Kier molecular flexibility index (Phi) is 7.37. The van der Waals surface area contributed by atoms with Gasteiger partial charge in [-0.3, -0.25) is 9.59 Å². The molecule has 1 heterocycles. The van der Waals surface area contributed by atoms with Crippen LogP contribution in [0.3, 0.4) is 0 Å². The van der Waals surface area contributed by atoms with Gasteiger partial charge in [0.05, 0.1) is 17.4 Å². The van der Waals surface area contributed by atoms with Crippen molar-refractivity contribution in [1.29, 1.82) is 0 Å². The molecule has 1 aromatic carbocycles. The Hall–Kier alpha value is -2.19. The highest BCUT2D eigenvalue weighted by molar-refractivity contribution is 9.10. The lowest BCUT2D eigenvalue weighted by Gasteiger charge is -2.26. The van der Waals surface area contributed by atoms with Crippen molar-refractivity contribution in [2.75, 3.05) is 33.7 Å². The third kappa shape index (κ3) is 6.76. The van der Waals surface area contributed by atoms with Crippen molar-refractivity contribution < 1.29 is 14.3 Å². The summed E-state index contributed by atoms with van der Waals surface area (Å²) in [5, 5.41) is 4.28. The number of hydrogen-bond acceptors (Lipinski definition) is 5. The molecule has 2 aromatic rings. The molecule has 0 bridgehead atoms. The second kappa shape index (κ2) is 9.34. The molecule has 0 atom stereocenters. The molecule has 0 unspecified atom stereocenters. The fourth-order valence-electron chi connectivity index (χ4n) is 2.45. The minimum absolute atomic E-state index is 0.104. The topological polar surface area (TPSA) is 67.7 Å². The van der Waals surface area contributed by atoms with Gasteiger partial charge < -0.3 is 14.5 Å². The summed E-state index contributed by atoms with van der Waals surface area (Å²) in [4.78, 5) is 28.7. The van der Waals surface area contributed by atoms with Crippen LogP contribution in [0.25, 0.3) is 5.69 Å². The lowest BCUT2D eigenvalue weighted by molar-refractivity contribution is -0.155. The van der Waals surface area contributed by atoms with Crippen molar-refractivity contribution in [1.82, 2.24) is 19.6 Å². The molecule has 7 nitrogen and oxygen atoms in total. The maximum Gasteiger partial charge on any atom is 0.326 e. The van der Waals surface area contributed by atoms with Gasteiger partial charge in [0, 0.05) is 23.8 Å². The molecule has 0 aliphatic rings. The van der Waals surface area contributed by atoms with E-state index in [0.717, 1.165) is 10.2 Å². The highest BCUT2D eigenvalue weighted by Gasteiger charge is 2.24. The SMILES string of the molecule is CN(C)CCN(CC(=O)OC(C)(C)C)C(=O)c1cnn(-c2ccc(Br)cc2)c1. The van der Waals surface area contributed by atoms with E-state index in [1.807, 2.05) is 43.3 Å². The quantitative estimate of drug-likeness (QED) is 0.606. The summed E-state index contributed by atoms with van der Waals surface area (Å²) >= 11 is 3.40. The Labute approximate surface area is 174 Å². The first-order valence-corrected chi connectivity index (χ1v) is 9.81. The van der Waals surface area contributed by atoms with Gasteiger partial charge in [0.1, 0.15) is 12.1 Å². The number of amides is 1. The monoisotopic (exact) mass is 450 g/mol. The number of benzene rings is 1. The molecular formula is C20H27BrN4O3. The van der Waals surface area contributed by atoms with E-state index in [4.69, 9.17) is 4.74 Å². The lowest BCUT2D eigenvalue weighted by Crippen LogP contribution is -2.41. The summed E-state index contributed by atoms with van der Waals surface area (Å²) in [6, 6.07) is 7.61. The maximum absolute atomic E-state index is 13.0. The fraction of sp³-hybridized carbons (Fsp3) is 0.450. The molecule has 0 fully saturated rings. The van der Waals surface area contributed by atoms with Gasteiger partial charge in [-0.1, -0.05) is 15.9 Å². The van der Waals surface area contributed by atoms with E-state index in [2.05, 4.69) is 21.0 Å². The normalized spacial score (nSPS) is 11.5. The van der Waals surface area contributed by atoms with Gasteiger partial charge in [-0.25, -0.2) is 4.68 Å². The third-order valence-electron chi connectivity index (χ3n) is 3.77. The first-order valence-electron chi connectivity index (χ1n) is 9.01. The predicted molar refractivity (Wildman–Crippen MR) is 112 cm³/mol. The molecule has 28 heavy (non-hydrogen) atoms. The Morgan fingerprint density at radius 2 is 1.79 bits per heavy atom. The van der Waals surface area contributed by atoms with Crippen molar-refractivity contribution in [3.05, 3.63) is 46.7 Å². The van der Waals surface area contributed by atoms with Crippen molar-refractivity contribution in [2.45, 2.75) is 26.4 Å². The second-order valence-corrected chi connectivity index (χ2v) is 8.68. The van der Waals surface area contributed by atoms with Crippen molar-refractivity contribution in [3.8, 4) is 5.69 Å². The number of nitrogens with zero attached hydrogens (tertiary/aromatic N) is 4. The summed E-state index contributed by atoms with van der Waals surface area (Å²) in [6.45, 7) is 6.36. The minimum atomic E-state index is -0.597. The standard InChI is InChI=1S/C20H27BrN4O3/c1-20(2,3)28-18(26)14-24(11-10-23(4)5)19(27)15-12-22-25(13-15)17-8-6-16(21)7-9-17/h6-9,12-13H,10-11,14H2,1-5H3. The molecule has 0 radical (unpaired) electrons. The van der Waals surface area contributed by atoms with E-state index in [1.165, 1.54) is 11.1 Å². The Bertz CT molecular complexity index is 810. The van der Waals surface area contributed by atoms with Crippen molar-refractivity contribution >= 4 is 27.8 Å². The average Bonchev–Trinajstić information content (AvgIpc) is 3.07. The van der Waals surface area contributed by atoms with Crippen LogP contribution in [-0.4, -0.2) is 70.8 Å². The van der Waals surface area contributed by atoms with Crippen LogP contribution in [0.15, 0.2) is 41.1 Å². The number of hydrogen-bond donors (Lipinski definition) is 0. The number of likely N-dealkylation sites (N-methyl/N-ethyl adjacent to an activating group) is 1. The third-order valence-corrected chi connectivity index (χ3v) is 4.29. The van der Waals surface area contributed by atoms with Crippen LogP contribution in [0.1, 0.15) is 31.1 Å². The van der Waals surface area contributed by atoms with Crippen molar-refractivity contribution in [3.63, 3.8) is 0 Å². The van der Waals surface area contributed by atoms with Gasteiger partial charge in [-0.2, -0.15) is 5.10 Å². The number of halogens is 1. The number of rotatable bonds is 7. The molecule has 0 aliphatic heterocycles. The summed E-state index contributed by atoms with van der Waals surface area (Å²) < 4.78 is 7.98. The zero-order chi connectivity index (χ0) is 20.9. The Morgan fingerprint density at radius 3 is 2.36 bits per heavy atom. The van der Waals surface area contributed by atoms with Gasteiger partial charge in [0.15, 0.2) is 0 Å². The number of aromatic nitrogens is 2. The van der Waals surface area contributed by atoms with Crippen LogP contribution in [0.4, 0.5) is 0 Å². The molecule has 0 spiro atoms. The molecule has 0 saturated carbocycles. The van der Waals surface area contributed by atoms with Crippen LogP contribution in [0, 0.1) is 0 Å². The van der Waals surface area contributed by atoms with E-state index in [9.17, 15) is 9.59 Å². The zero-order valence-electron chi connectivity index (χ0n) is 17.0. The van der Waals surface area contributed by atoms with Gasteiger partial charge in [0.2, 0.25) is 0 Å². The number of esters is 1. The molecule has 1 aromatic heterocycles. The Balaban J connectivity index is 2.16. The van der Waals surface area contributed by atoms with E-state index < -0.39 is 11.6 Å². The molecule has 0 saturated heterocycles. The summed E-state index contributed by atoms with van der Waals surface area (Å²) in [7, 11) is 3.84. The van der Waals surface area contributed by atoms with Crippen LogP contribution in [-0.2, 0) is 9.53 Å². The maximum atomic E-state index is 13.0. The molecular weight excluding hydrogens is 424 g/mol. The van der Waals surface area contributed by atoms with Gasteiger partial charge in [0.25, 0.3) is 5.91 Å². The molecule has 2 rings (SSSR count). The number of carbonyl (C=O) groups excluding carboxylic acids is 2. The van der Waals surface area contributed by atoms with Crippen LogP contribution in [0.2, 0.25) is 0 Å². The summed E-state index contributed by atoms with van der Waals surface area (Å²) in [5.74, 6) is -0.684. The molecule has 0 aliphatic carbocycles. The Morgan fingerprint density at radius 1 is 1.14 bits per heavy atom. The average molecular weight is 451 g/mol. The summed E-state index contributed by atoms with van der Waals surface area (Å²) in [6.07, 6.45) is 3.19. The van der Waals surface area contributed by atoms with Crippen molar-refractivity contribution in [2.24, 2.45) is 0 Å². The van der Waals surface area contributed by atoms with E-state index in [-0.39, 0.29) is 12.5 Å². The smallest absolute Gasteiger partial charge is 0.326 e. The zero-order valence-corrected chi connectivity index (χ0v) is 18.6.